The molecule has 1 unspecified atom stereocenters. The predicted molar refractivity (Wildman–Crippen MR) is 170 cm³/mol. The number of ether oxygens (including phenoxy) is 1. The van der Waals surface area contributed by atoms with Crippen molar-refractivity contribution in [2.75, 3.05) is 18.0 Å². The number of carbonyl (C=O) groups is 2. The van der Waals surface area contributed by atoms with Crippen LogP contribution in [0.1, 0.15) is 44.6 Å². The van der Waals surface area contributed by atoms with Gasteiger partial charge in [-0.2, -0.15) is 0 Å². The maximum Gasteiger partial charge on any atom is 0.264 e. The molecule has 1 aliphatic rings. The van der Waals surface area contributed by atoms with Crippen LogP contribution in [0.25, 0.3) is 0 Å². The minimum absolute atomic E-state index is 0.0309. The van der Waals surface area contributed by atoms with E-state index in [4.69, 9.17) is 39.5 Å². The zero-order chi connectivity index (χ0) is 31.1. The van der Waals surface area contributed by atoms with Crippen molar-refractivity contribution in [3.05, 3.63) is 87.4 Å². The molecule has 0 bridgehead atoms. The molecule has 230 valence electrons. The van der Waals surface area contributed by atoms with E-state index in [1.54, 1.807) is 37.3 Å². The lowest BCUT2D eigenvalue weighted by Crippen LogP contribution is -2.53. The van der Waals surface area contributed by atoms with Gasteiger partial charge in [0.2, 0.25) is 11.8 Å². The standard InChI is InChI=1S/C31H34Cl3N3O5S/c1-3-29(31(39)35-22-7-4-5-8-22)36(19-26-27(33)9-6-10-28(26)34)30(38)20-37(23-13-11-21(32)12-14-23)43(40,41)25-17-15-24(42-2)16-18-25/h6,9-18,22,29H,3-5,7-8,19-20H2,1-2H3,(H,35,39). The van der Waals surface area contributed by atoms with Crippen LogP contribution in [0, 0.1) is 0 Å². The Labute approximate surface area is 267 Å². The second-order valence-electron chi connectivity index (χ2n) is 10.3. The summed E-state index contributed by atoms with van der Waals surface area (Å²) in [7, 11) is -2.77. The van der Waals surface area contributed by atoms with Crippen LogP contribution in [0.5, 0.6) is 5.75 Å². The number of anilines is 1. The predicted octanol–water partition coefficient (Wildman–Crippen LogP) is 6.72. The largest absolute Gasteiger partial charge is 0.497 e. The zero-order valence-electron chi connectivity index (χ0n) is 23.9. The molecule has 43 heavy (non-hydrogen) atoms. The van der Waals surface area contributed by atoms with Crippen LogP contribution in [0.4, 0.5) is 5.69 Å². The van der Waals surface area contributed by atoms with Gasteiger partial charge < -0.3 is 15.0 Å². The maximum absolute atomic E-state index is 14.2. The number of hydrogen-bond donors (Lipinski definition) is 1. The number of benzene rings is 3. The molecule has 4 rings (SSSR count). The summed E-state index contributed by atoms with van der Waals surface area (Å²) in [4.78, 5) is 29.2. The van der Waals surface area contributed by atoms with Crippen LogP contribution in [0.3, 0.4) is 0 Å². The summed E-state index contributed by atoms with van der Waals surface area (Å²) in [6, 6.07) is 16.1. The van der Waals surface area contributed by atoms with Gasteiger partial charge in [-0.1, -0.05) is 60.6 Å². The Morgan fingerprint density at radius 1 is 0.953 bits per heavy atom. The molecule has 1 atom stereocenters. The van der Waals surface area contributed by atoms with Crippen molar-refractivity contribution in [3.8, 4) is 5.75 Å². The summed E-state index contributed by atoms with van der Waals surface area (Å²) in [6.45, 7) is 1.12. The molecule has 1 aliphatic carbocycles. The molecule has 3 aromatic rings. The summed E-state index contributed by atoms with van der Waals surface area (Å²) < 4.78 is 34.2. The SMILES string of the molecule is CCC(C(=O)NC1CCCC1)N(Cc1c(Cl)cccc1Cl)C(=O)CN(c1ccc(Cl)cc1)S(=O)(=O)c1ccc(OC)cc1. The molecule has 1 saturated carbocycles. The summed E-state index contributed by atoms with van der Waals surface area (Å²) in [5.74, 6) is -0.423. The number of hydrogen-bond acceptors (Lipinski definition) is 5. The highest BCUT2D eigenvalue weighted by Gasteiger charge is 2.35. The van der Waals surface area contributed by atoms with Crippen LogP contribution >= 0.6 is 34.8 Å². The number of rotatable bonds is 12. The van der Waals surface area contributed by atoms with E-state index in [1.807, 2.05) is 0 Å². The van der Waals surface area contributed by atoms with E-state index in [0.717, 1.165) is 30.0 Å². The van der Waals surface area contributed by atoms with Gasteiger partial charge in [0.05, 0.1) is 17.7 Å². The van der Waals surface area contributed by atoms with Crippen LogP contribution < -0.4 is 14.4 Å². The third kappa shape index (κ3) is 7.95. The molecule has 0 aliphatic heterocycles. The lowest BCUT2D eigenvalue weighted by Gasteiger charge is -2.34. The second kappa shape index (κ2) is 14.7. The molecular weight excluding hydrogens is 633 g/mol. The van der Waals surface area contributed by atoms with E-state index >= 15 is 0 Å². The number of carbonyl (C=O) groups excluding carboxylic acids is 2. The van der Waals surface area contributed by atoms with E-state index in [1.165, 1.54) is 48.4 Å². The summed E-state index contributed by atoms with van der Waals surface area (Å²) in [6.07, 6.45) is 4.09. The third-order valence-corrected chi connectivity index (χ3v) is 10.3. The monoisotopic (exact) mass is 665 g/mol. The van der Waals surface area contributed by atoms with Crippen LogP contribution in [0.2, 0.25) is 15.1 Å². The molecule has 0 heterocycles. The minimum Gasteiger partial charge on any atom is -0.497 e. The van der Waals surface area contributed by atoms with E-state index in [-0.39, 0.29) is 29.1 Å². The second-order valence-corrected chi connectivity index (χ2v) is 13.4. The first-order valence-corrected chi connectivity index (χ1v) is 16.6. The number of methoxy groups -OCH3 is 1. The van der Waals surface area contributed by atoms with Crippen LogP contribution in [-0.2, 0) is 26.2 Å². The van der Waals surface area contributed by atoms with Crippen molar-refractivity contribution in [2.24, 2.45) is 0 Å². The van der Waals surface area contributed by atoms with Gasteiger partial charge in [-0.15, -0.1) is 0 Å². The minimum atomic E-state index is -4.25. The zero-order valence-corrected chi connectivity index (χ0v) is 27.0. The summed E-state index contributed by atoms with van der Waals surface area (Å²) in [5.41, 5.74) is 0.690. The van der Waals surface area contributed by atoms with Crippen molar-refractivity contribution in [3.63, 3.8) is 0 Å². The fourth-order valence-corrected chi connectivity index (χ4v) is 7.21. The average Bonchev–Trinajstić information content (AvgIpc) is 3.50. The molecular formula is C31H34Cl3N3O5S. The molecule has 0 saturated heterocycles. The Kier molecular flexibility index (Phi) is 11.2. The molecule has 0 spiro atoms. The molecule has 3 aromatic carbocycles. The third-order valence-electron chi connectivity index (χ3n) is 7.52. The highest BCUT2D eigenvalue weighted by atomic mass is 35.5. The first-order chi connectivity index (χ1) is 20.5. The Bertz CT molecular complexity index is 1510. The lowest BCUT2D eigenvalue weighted by atomic mass is 10.1. The summed E-state index contributed by atoms with van der Waals surface area (Å²) >= 11 is 19.1. The van der Waals surface area contributed by atoms with Crippen molar-refractivity contribution < 1.29 is 22.7 Å². The maximum atomic E-state index is 14.2. The quantitative estimate of drug-likeness (QED) is 0.232. The van der Waals surface area contributed by atoms with Crippen molar-refractivity contribution in [1.29, 1.82) is 0 Å². The van der Waals surface area contributed by atoms with Gasteiger partial charge in [-0.25, -0.2) is 8.42 Å². The highest BCUT2D eigenvalue weighted by molar-refractivity contribution is 7.92. The van der Waals surface area contributed by atoms with Gasteiger partial charge >= 0.3 is 0 Å². The average molecular weight is 667 g/mol. The van der Waals surface area contributed by atoms with E-state index in [2.05, 4.69) is 5.32 Å². The van der Waals surface area contributed by atoms with Gasteiger partial charge in [0.1, 0.15) is 18.3 Å². The number of sulfonamides is 1. The topological polar surface area (TPSA) is 96.0 Å². The molecule has 0 radical (unpaired) electrons. The van der Waals surface area contributed by atoms with Crippen LogP contribution in [-0.4, -0.2) is 50.9 Å². The van der Waals surface area contributed by atoms with Crippen LogP contribution in [0.15, 0.2) is 71.6 Å². The number of nitrogens with one attached hydrogen (secondary N) is 1. The number of nitrogens with zero attached hydrogens (tertiary/aromatic N) is 2. The first-order valence-electron chi connectivity index (χ1n) is 14.0. The van der Waals surface area contributed by atoms with E-state index in [0.29, 0.717) is 32.8 Å². The highest BCUT2D eigenvalue weighted by Crippen LogP contribution is 2.30. The van der Waals surface area contributed by atoms with Crippen molar-refractivity contribution in [1.82, 2.24) is 10.2 Å². The molecule has 12 heteroatoms. The van der Waals surface area contributed by atoms with Gasteiger partial charge in [0, 0.05) is 33.2 Å². The van der Waals surface area contributed by atoms with E-state index in [9.17, 15) is 18.0 Å². The lowest BCUT2D eigenvalue weighted by molar-refractivity contribution is -0.140. The Hall–Kier alpha value is -2.98. The fourth-order valence-electron chi connectivity index (χ4n) is 5.15. The number of halogens is 3. The fraction of sp³-hybridized carbons (Fsp3) is 0.355. The Morgan fingerprint density at radius 3 is 2.12 bits per heavy atom. The molecule has 1 fully saturated rings. The van der Waals surface area contributed by atoms with Crippen molar-refractivity contribution in [2.45, 2.75) is 62.6 Å². The first kappa shape index (κ1) is 32.9. The molecule has 1 N–H and O–H groups in total. The van der Waals surface area contributed by atoms with Gasteiger partial charge in [-0.05, 0) is 79.9 Å². The Balaban J connectivity index is 1.74. The van der Waals surface area contributed by atoms with E-state index < -0.39 is 28.5 Å². The van der Waals surface area contributed by atoms with Gasteiger partial charge in [0.25, 0.3) is 10.0 Å². The molecule has 0 aromatic heterocycles. The smallest absolute Gasteiger partial charge is 0.264 e. The van der Waals surface area contributed by atoms with Gasteiger partial charge in [-0.3, -0.25) is 13.9 Å². The van der Waals surface area contributed by atoms with Gasteiger partial charge in [0.15, 0.2) is 0 Å². The Morgan fingerprint density at radius 2 is 1.56 bits per heavy atom. The summed E-state index contributed by atoms with van der Waals surface area (Å²) in [5, 5.41) is 4.15. The van der Waals surface area contributed by atoms with Crippen molar-refractivity contribution >= 4 is 62.3 Å². The normalized spacial score (nSPS) is 14.3. The molecule has 8 nitrogen and oxygen atoms in total. The number of amides is 2. The molecule has 2 amide bonds.